The summed E-state index contributed by atoms with van der Waals surface area (Å²) >= 11 is 1.62. The number of hydrogen-bond acceptors (Lipinski definition) is 8. The molecular formula is C7H8N6O3S2. The molecule has 0 aromatic carbocycles. The van der Waals surface area contributed by atoms with Crippen molar-refractivity contribution in [3.05, 3.63) is 6.20 Å². The molecular weight excluding hydrogens is 280 g/mol. The first-order valence-electron chi connectivity index (χ1n) is 4.94. The number of ether oxygens (including phenoxy) is 1. The van der Waals surface area contributed by atoms with Gasteiger partial charge in [0.05, 0.1) is 11.9 Å². The van der Waals surface area contributed by atoms with Crippen molar-refractivity contribution in [1.82, 2.24) is 30.6 Å². The molecule has 96 valence electrons. The Kier molecular flexibility index (Phi) is 2.70. The Morgan fingerprint density at radius 1 is 1.56 bits per heavy atom. The largest absolute Gasteiger partial charge is 0.403 e. The SMILES string of the molecule is O=S(=O)(CC1CS1)c1ncc(Oc2nn[nH]n2)[nH]1. The number of aromatic nitrogens is 6. The fourth-order valence-electron chi connectivity index (χ4n) is 1.28. The van der Waals surface area contributed by atoms with E-state index in [1.54, 1.807) is 11.8 Å². The Bertz CT molecular complexity index is 632. The van der Waals surface area contributed by atoms with Crippen molar-refractivity contribution in [2.24, 2.45) is 0 Å². The van der Waals surface area contributed by atoms with E-state index in [0.29, 0.717) is 0 Å². The van der Waals surface area contributed by atoms with E-state index >= 15 is 0 Å². The number of rotatable bonds is 5. The molecule has 0 aliphatic carbocycles. The van der Waals surface area contributed by atoms with Crippen molar-refractivity contribution in [3.63, 3.8) is 0 Å². The lowest BCUT2D eigenvalue weighted by molar-refractivity contribution is 0.425. The second-order valence-corrected chi connectivity index (χ2v) is 6.87. The number of aromatic amines is 2. The quantitative estimate of drug-likeness (QED) is 0.712. The second kappa shape index (κ2) is 4.24. The number of imidazole rings is 1. The van der Waals surface area contributed by atoms with Gasteiger partial charge in [-0.05, 0) is 5.21 Å². The normalized spacial score (nSPS) is 18.8. The van der Waals surface area contributed by atoms with Crippen molar-refractivity contribution in [2.45, 2.75) is 10.4 Å². The third kappa shape index (κ3) is 2.46. The fourth-order valence-corrected chi connectivity index (χ4v) is 3.84. The van der Waals surface area contributed by atoms with Gasteiger partial charge in [-0.2, -0.15) is 17.0 Å². The molecule has 18 heavy (non-hydrogen) atoms. The minimum absolute atomic E-state index is 0.0136. The minimum Gasteiger partial charge on any atom is -0.403 e. The van der Waals surface area contributed by atoms with Gasteiger partial charge in [0, 0.05) is 11.0 Å². The van der Waals surface area contributed by atoms with Crippen molar-refractivity contribution in [1.29, 1.82) is 0 Å². The molecule has 1 fully saturated rings. The second-order valence-electron chi connectivity index (χ2n) is 3.59. The van der Waals surface area contributed by atoms with Crippen LogP contribution in [0, 0.1) is 0 Å². The molecule has 3 rings (SSSR count). The summed E-state index contributed by atoms with van der Waals surface area (Å²) in [6.45, 7) is 0. The topological polar surface area (TPSA) is 127 Å². The average Bonchev–Trinajstić information content (AvgIpc) is 2.84. The maximum atomic E-state index is 11.9. The third-order valence-electron chi connectivity index (χ3n) is 2.16. The maximum Gasteiger partial charge on any atom is 0.362 e. The number of thioether (sulfide) groups is 1. The highest BCUT2D eigenvalue weighted by atomic mass is 32.2. The number of sulfone groups is 1. The molecule has 3 heterocycles. The van der Waals surface area contributed by atoms with Crippen LogP contribution < -0.4 is 4.74 Å². The van der Waals surface area contributed by atoms with Crippen LogP contribution in [0.3, 0.4) is 0 Å². The number of H-pyrrole nitrogens is 2. The highest BCUT2D eigenvalue weighted by Crippen LogP contribution is 2.32. The van der Waals surface area contributed by atoms with E-state index in [4.69, 9.17) is 4.74 Å². The Balaban J connectivity index is 1.76. The van der Waals surface area contributed by atoms with Gasteiger partial charge in [-0.3, -0.25) is 4.98 Å². The molecule has 1 aliphatic heterocycles. The molecule has 0 radical (unpaired) electrons. The van der Waals surface area contributed by atoms with Crippen molar-refractivity contribution in [2.75, 3.05) is 11.5 Å². The van der Waals surface area contributed by atoms with Crippen LogP contribution in [-0.2, 0) is 9.84 Å². The van der Waals surface area contributed by atoms with Gasteiger partial charge in [-0.25, -0.2) is 13.4 Å². The summed E-state index contributed by atoms with van der Waals surface area (Å²) in [4.78, 5) is 6.36. The molecule has 2 aromatic rings. The summed E-state index contributed by atoms with van der Waals surface area (Å²) in [5, 5.41) is 12.7. The predicted octanol–water partition coefficient (Wildman–Crippen LogP) is -0.396. The molecule has 1 aliphatic rings. The van der Waals surface area contributed by atoms with Gasteiger partial charge in [0.1, 0.15) is 0 Å². The summed E-state index contributed by atoms with van der Waals surface area (Å²) < 4.78 is 28.9. The van der Waals surface area contributed by atoms with Crippen LogP contribution in [0.2, 0.25) is 0 Å². The molecule has 11 heteroatoms. The van der Waals surface area contributed by atoms with Crippen molar-refractivity contribution < 1.29 is 13.2 Å². The number of nitrogens with zero attached hydrogens (tertiary/aromatic N) is 4. The molecule has 1 unspecified atom stereocenters. The molecule has 1 atom stereocenters. The average molecular weight is 288 g/mol. The van der Waals surface area contributed by atoms with Crippen molar-refractivity contribution in [3.8, 4) is 11.9 Å². The van der Waals surface area contributed by atoms with Crippen LogP contribution in [-0.4, -0.2) is 55.8 Å². The van der Waals surface area contributed by atoms with Gasteiger partial charge in [-0.1, -0.05) is 10.2 Å². The third-order valence-corrected chi connectivity index (χ3v) is 4.98. The Morgan fingerprint density at radius 3 is 3.06 bits per heavy atom. The highest BCUT2D eigenvalue weighted by Gasteiger charge is 2.31. The van der Waals surface area contributed by atoms with Gasteiger partial charge in [0.15, 0.2) is 0 Å². The van der Waals surface area contributed by atoms with Gasteiger partial charge in [-0.15, -0.1) is 0 Å². The Morgan fingerprint density at radius 2 is 2.39 bits per heavy atom. The summed E-state index contributed by atoms with van der Waals surface area (Å²) in [5.41, 5.74) is 0. The Labute approximate surface area is 106 Å². The monoisotopic (exact) mass is 288 g/mol. The summed E-state index contributed by atoms with van der Waals surface area (Å²) in [6.07, 6.45) is 1.27. The highest BCUT2D eigenvalue weighted by molar-refractivity contribution is 8.08. The van der Waals surface area contributed by atoms with Crippen LogP contribution in [0.15, 0.2) is 11.4 Å². The van der Waals surface area contributed by atoms with E-state index in [-0.39, 0.29) is 28.0 Å². The molecule has 1 saturated heterocycles. The van der Waals surface area contributed by atoms with E-state index in [9.17, 15) is 8.42 Å². The molecule has 2 N–H and O–H groups in total. The van der Waals surface area contributed by atoms with Crippen molar-refractivity contribution >= 4 is 21.6 Å². The van der Waals surface area contributed by atoms with Gasteiger partial charge < -0.3 is 4.74 Å². The first-order chi connectivity index (χ1) is 8.63. The Hall–Kier alpha value is -1.62. The van der Waals surface area contributed by atoms with Gasteiger partial charge in [0.25, 0.3) is 0 Å². The van der Waals surface area contributed by atoms with Crippen LogP contribution in [0.25, 0.3) is 0 Å². The van der Waals surface area contributed by atoms with Crippen LogP contribution in [0.1, 0.15) is 0 Å². The van der Waals surface area contributed by atoms with E-state index in [1.165, 1.54) is 6.20 Å². The first kappa shape index (κ1) is 11.5. The van der Waals surface area contributed by atoms with E-state index in [2.05, 4.69) is 30.6 Å². The zero-order valence-electron chi connectivity index (χ0n) is 8.90. The number of hydrogen-bond donors (Lipinski definition) is 2. The van der Waals surface area contributed by atoms with Gasteiger partial charge in [0.2, 0.25) is 20.9 Å². The van der Waals surface area contributed by atoms with E-state index in [0.717, 1.165) is 5.75 Å². The van der Waals surface area contributed by atoms with Crippen LogP contribution >= 0.6 is 11.8 Å². The van der Waals surface area contributed by atoms with Crippen LogP contribution in [0.5, 0.6) is 11.9 Å². The minimum atomic E-state index is -3.39. The predicted molar refractivity (Wildman–Crippen MR) is 61.1 cm³/mol. The molecule has 0 bridgehead atoms. The number of tetrazole rings is 1. The summed E-state index contributed by atoms with van der Waals surface area (Å²) in [6, 6.07) is -0.0136. The van der Waals surface area contributed by atoms with Gasteiger partial charge >= 0.3 is 6.01 Å². The molecule has 0 amide bonds. The fraction of sp³-hybridized carbons (Fsp3) is 0.429. The number of nitrogens with one attached hydrogen (secondary N) is 2. The lowest BCUT2D eigenvalue weighted by Gasteiger charge is -1.97. The lowest BCUT2D eigenvalue weighted by Crippen LogP contribution is -2.12. The standard InChI is InChI=1S/C7H8N6O3S2/c14-18(15,3-4-2-17-4)7-8-1-5(9-7)16-6-10-12-13-11-6/h1,4H,2-3H2,(H,8,9)(H,10,11,12,13). The first-order valence-corrected chi connectivity index (χ1v) is 7.64. The molecule has 9 nitrogen and oxygen atoms in total. The zero-order valence-corrected chi connectivity index (χ0v) is 10.5. The molecule has 2 aromatic heterocycles. The zero-order chi connectivity index (χ0) is 12.6. The molecule has 0 spiro atoms. The summed E-state index contributed by atoms with van der Waals surface area (Å²) in [5.74, 6) is 1.12. The van der Waals surface area contributed by atoms with E-state index in [1.807, 2.05) is 0 Å². The maximum absolute atomic E-state index is 11.9. The molecule has 0 saturated carbocycles. The van der Waals surface area contributed by atoms with E-state index < -0.39 is 9.84 Å². The smallest absolute Gasteiger partial charge is 0.362 e. The lowest BCUT2D eigenvalue weighted by atomic mass is 10.6. The summed E-state index contributed by atoms with van der Waals surface area (Å²) in [7, 11) is -3.39. The van der Waals surface area contributed by atoms with Crippen LogP contribution in [0.4, 0.5) is 0 Å².